The van der Waals surface area contributed by atoms with E-state index in [0.29, 0.717) is 6.42 Å². The van der Waals surface area contributed by atoms with Gasteiger partial charge >= 0.3 is 41.5 Å². The molecule has 0 saturated carbocycles. The van der Waals surface area contributed by atoms with Gasteiger partial charge in [-0.3, -0.25) is 14.1 Å². The summed E-state index contributed by atoms with van der Waals surface area (Å²) in [5.41, 5.74) is 0. The van der Waals surface area contributed by atoms with E-state index in [-0.39, 0.29) is 44.2 Å². The Bertz CT molecular complexity index is 541. The van der Waals surface area contributed by atoms with Crippen LogP contribution in [0.25, 0.3) is 0 Å². The monoisotopic (exact) mass is 430 g/mol. The van der Waals surface area contributed by atoms with Crippen LogP contribution in [0, 0.1) is 0 Å². The Morgan fingerprint density at radius 1 is 1.00 bits per heavy atom. The maximum atomic E-state index is 11.9. The molecule has 0 rings (SSSR count). The molecule has 1 N–H and O–H groups in total. The molecule has 0 aliphatic heterocycles. The van der Waals surface area contributed by atoms with E-state index >= 15 is 0 Å². The van der Waals surface area contributed by atoms with Gasteiger partial charge in [0.1, 0.15) is 6.61 Å². The van der Waals surface area contributed by atoms with E-state index in [1.807, 2.05) is 0 Å². The fourth-order valence-corrected chi connectivity index (χ4v) is 3.19. The molecule has 0 aromatic rings. The molecule has 1 unspecified atom stereocenters. The summed E-state index contributed by atoms with van der Waals surface area (Å²) >= 11 is 0. The number of carbonyl (C=O) groups is 2. The number of carbonyl (C=O) groups excluding carboxylic acids is 2. The molecule has 9 heteroatoms. The Kier molecular flexibility index (Phi) is 19.8. The van der Waals surface area contributed by atoms with Crippen molar-refractivity contribution >= 4 is 22.1 Å². The van der Waals surface area contributed by atoms with E-state index in [1.54, 1.807) is 0 Å². The second kappa shape index (κ2) is 18.6. The van der Waals surface area contributed by atoms with Gasteiger partial charge in [-0.15, -0.1) is 0 Å². The molecule has 0 fully saturated rings. The molecule has 0 heterocycles. The Morgan fingerprint density at radius 3 is 1.96 bits per heavy atom. The van der Waals surface area contributed by atoms with Crippen LogP contribution >= 0.6 is 0 Å². The summed E-state index contributed by atoms with van der Waals surface area (Å²) in [7, 11) is -4.75. The Hall–Kier alpha value is -0.410. The van der Waals surface area contributed by atoms with Crippen molar-refractivity contribution in [1.29, 1.82) is 0 Å². The van der Waals surface area contributed by atoms with Gasteiger partial charge < -0.3 is 10.9 Å². The summed E-state index contributed by atoms with van der Waals surface area (Å²) in [5.74, 6) is -2.06. The summed E-state index contributed by atoms with van der Waals surface area (Å²) in [5, 5.41) is -1.96. The molecule has 0 aromatic carbocycles. The number of hydrogen-bond acceptors (Lipinski definition) is 6. The SMILES string of the molecule is C=CCOC(=O)CC(C(=O)OCCCCCCCCCCCC)S(=O)(=O)O.[H-].[Na+]. The molecule has 7 nitrogen and oxygen atoms in total. The van der Waals surface area contributed by atoms with Gasteiger partial charge in [-0.25, -0.2) is 0 Å². The van der Waals surface area contributed by atoms with E-state index in [4.69, 9.17) is 9.29 Å². The third-order valence-electron chi connectivity index (χ3n) is 4.08. The van der Waals surface area contributed by atoms with Gasteiger partial charge in [-0.1, -0.05) is 77.4 Å². The van der Waals surface area contributed by atoms with E-state index in [2.05, 4.69) is 18.2 Å². The van der Waals surface area contributed by atoms with E-state index in [9.17, 15) is 18.0 Å². The van der Waals surface area contributed by atoms with Gasteiger partial charge in [0.05, 0.1) is 13.0 Å². The molecule has 0 aliphatic rings. The molecule has 0 bridgehead atoms. The third kappa shape index (κ3) is 16.5. The van der Waals surface area contributed by atoms with Crippen molar-refractivity contribution in [3.63, 3.8) is 0 Å². The minimum atomic E-state index is -4.75. The zero-order valence-corrected chi connectivity index (χ0v) is 20.2. The van der Waals surface area contributed by atoms with Crippen molar-refractivity contribution in [1.82, 2.24) is 0 Å². The fourth-order valence-electron chi connectivity index (χ4n) is 2.53. The average molecular weight is 431 g/mol. The molecule has 28 heavy (non-hydrogen) atoms. The fraction of sp³-hybridized carbons (Fsp3) is 0.789. The Balaban J connectivity index is -0.00000338. The zero-order valence-electron chi connectivity index (χ0n) is 18.4. The minimum Gasteiger partial charge on any atom is -1.00 e. The predicted octanol–water partition coefficient (Wildman–Crippen LogP) is 0.943. The van der Waals surface area contributed by atoms with Crippen LogP contribution in [0.5, 0.6) is 0 Å². The van der Waals surface area contributed by atoms with Gasteiger partial charge in [-0.2, -0.15) is 8.42 Å². The summed E-state index contributed by atoms with van der Waals surface area (Å²) in [6.07, 6.45) is 11.7. The summed E-state index contributed by atoms with van der Waals surface area (Å²) in [4.78, 5) is 23.3. The molecular weight excluding hydrogens is 395 g/mol. The van der Waals surface area contributed by atoms with Crippen molar-refractivity contribution in [2.45, 2.75) is 82.8 Å². The van der Waals surface area contributed by atoms with Crippen LogP contribution in [0.4, 0.5) is 0 Å². The van der Waals surface area contributed by atoms with Crippen molar-refractivity contribution in [3.8, 4) is 0 Å². The van der Waals surface area contributed by atoms with Crippen molar-refractivity contribution in [2.24, 2.45) is 0 Å². The second-order valence-electron chi connectivity index (χ2n) is 6.53. The standard InChI is InChI=1S/C19H34O7S.Na.H/c1-3-5-6-7-8-9-10-11-12-13-15-26-19(21)17(27(22,23)24)16-18(20)25-14-4-2;;/h4,17H,2-3,5-16H2,1H3,(H,22,23,24);;/q;+1;-1. The van der Waals surface area contributed by atoms with Crippen molar-refractivity contribution in [3.05, 3.63) is 12.7 Å². The first kappa shape index (κ1) is 29.8. The molecule has 0 saturated heterocycles. The summed E-state index contributed by atoms with van der Waals surface area (Å²) < 4.78 is 41.3. The molecule has 160 valence electrons. The topological polar surface area (TPSA) is 107 Å². The molecule has 0 spiro atoms. The quantitative estimate of drug-likeness (QED) is 0.120. The van der Waals surface area contributed by atoms with E-state index in [1.165, 1.54) is 44.6 Å². The molecule has 1 atom stereocenters. The Morgan fingerprint density at radius 2 is 1.50 bits per heavy atom. The molecule has 0 aromatic heterocycles. The maximum Gasteiger partial charge on any atom is 1.00 e. The largest absolute Gasteiger partial charge is 1.00 e. The molecule has 0 radical (unpaired) electrons. The summed E-state index contributed by atoms with van der Waals surface area (Å²) in [6, 6.07) is 0. The van der Waals surface area contributed by atoms with Crippen LogP contribution in [0.3, 0.4) is 0 Å². The van der Waals surface area contributed by atoms with Crippen LogP contribution in [0.15, 0.2) is 12.7 Å². The first-order chi connectivity index (χ1) is 12.8. The number of unbranched alkanes of at least 4 members (excludes halogenated alkanes) is 9. The van der Waals surface area contributed by atoms with E-state index in [0.717, 1.165) is 19.3 Å². The smallest absolute Gasteiger partial charge is 1.00 e. The average Bonchev–Trinajstić information content (AvgIpc) is 2.61. The van der Waals surface area contributed by atoms with Gasteiger partial charge in [0.2, 0.25) is 0 Å². The van der Waals surface area contributed by atoms with Gasteiger partial charge in [0.25, 0.3) is 10.1 Å². The normalized spacial score (nSPS) is 11.9. The van der Waals surface area contributed by atoms with Crippen molar-refractivity contribution < 1.29 is 63.0 Å². The van der Waals surface area contributed by atoms with E-state index < -0.39 is 33.7 Å². The van der Waals surface area contributed by atoms with Crippen LogP contribution in [-0.2, 0) is 29.2 Å². The van der Waals surface area contributed by atoms with Crippen LogP contribution < -0.4 is 29.6 Å². The van der Waals surface area contributed by atoms with Gasteiger partial charge in [-0.05, 0) is 6.42 Å². The number of esters is 2. The van der Waals surface area contributed by atoms with Crippen LogP contribution in [0.1, 0.15) is 79.0 Å². The number of rotatable bonds is 17. The summed E-state index contributed by atoms with van der Waals surface area (Å²) in [6.45, 7) is 5.50. The molecule has 0 amide bonds. The maximum absolute atomic E-state index is 11.9. The van der Waals surface area contributed by atoms with Gasteiger partial charge in [0.15, 0.2) is 5.25 Å². The minimum absolute atomic E-state index is 0. The molecular formula is C19H35NaO7S. The Labute approximate surface area is 193 Å². The number of ether oxygens (including phenoxy) is 2. The predicted molar refractivity (Wildman–Crippen MR) is 105 cm³/mol. The first-order valence-electron chi connectivity index (χ1n) is 9.72. The van der Waals surface area contributed by atoms with Crippen LogP contribution in [-0.4, -0.2) is 43.4 Å². The first-order valence-corrected chi connectivity index (χ1v) is 11.2. The van der Waals surface area contributed by atoms with Gasteiger partial charge in [0, 0.05) is 0 Å². The number of hydrogen-bond donors (Lipinski definition) is 1. The van der Waals surface area contributed by atoms with Crippen molar-refractivity contribution in [2.75, 3.05) is 13.2 Å². The second-order valence-corrected chi connectivity index (χ2v) is 8.13. The third-order valence-corrected chi connectivity index (χ3v) is 5.16. The van der Waals surface area contributed by atoms with Crippen LogP contribution in [0.2, 0.25) is 0 Å². The molecule has 0 aliphatic carbocycles. The zero-order chi connectivity index (χ0) is 20.5.